The second-order valence-electron chi connectivity index (χ2n) is 6.21. The largest absolute Gasteiger partial charge is 0.486 e. The van der Waals surface area contributed by atoms with Gasteiger partial charge < -0.3 is 14.4 Å². The van der Waals surface area contributed by atoms with Crippen LogP contribution >= 0.6 is 0 Å². The number of benzene rings is 1. The molecule has 5 heteroatoms. The molecule has 0 bridgehead atoms. The number of nitrogens with zero attached hydrogens (tertiary/aromatic N) is 2. The molecule has 1 fully saturated rings. The second-order valence-corrected chi connectivity index (χ2v) is 6.21. The van der Waals surface area contributed by atoms with Gasteiger partial charge >= 0.3 is 0 Å². The van der Waals surface area contributed by atoms with Gasteiger partial charge in [-0.3, -0.25) is 9.69 Å². The van der Waals surface area contributed by atoms with Crippen molar-refractivity contribution in [3.05, 3.63) is 23.3 Å². The van der Waals surface area contributed by atoms with Crippen LogP contribution in [0.2, 0.25) is 0 Å². The number of carbonyl (C=O) groups is 1. The fourth-order valence-corrected chi connectivity index (χ4v) is 3.05. The molecule has 0 unspecified atom stereocenters. The summed E-state index contributed by atoms with van der Waals surface area (Å²) >= 11 is 0. The number of ether oxygens (including phenoxy) is 2. The molecule has 0 aromatic heterocycles. The second kappa shape index (κ2) is 6.16. The Bertz CT molecular complexity index is 563. The number of carbonyl (C=O) groups excluding carboxylic acids is 1. The van der Waals surface area contributed by atoms with Crippen LogP contribution in [0.15, 0.2) is 12.1 Å². The Labute approximate surface area is 131 Å². The first kappa shape index (κ1) is 15.2. The van der Waals surface area contributed by atoms with Crippen molar-refractivity contribution < 1.29 is 14.3 Å². The van der Waals surface area contributed by atoms with Gasteiger partial charge in [0.25, 0.3) is 5.91 Å². The van der Waals surface area contributed by atoms with E-state index < -0.39 is 0 Å². The highest BCUT2D eigenvalue weighted by atomic mass is 16.6. The molecule has 22 heavy (non-hydrogen) atoms. The Morgan fingerprint density at radius 3 is 2.32 bits per heavy atom. The zero-order valence-electron chi connectivity index (χ0n) is 13.6. The van der Waals surface area contributed by atoms with Crippen molar-refractivity contribution >= 4 is 5.91 Å². The van der Waals surface area contributed by atoms with Crippen LogP contribution in [-0.4, -0.2) is 61.1 Å². The number of amides is 1. The van der Waals surface area contributed by atoms with Crippen LogP contribution in [-0.2, 0) is 0 Å². The summed E-state index contributed by atoms with van der Waals surface area (Å²) in [5, 5.41) is 0. The zero-order chi connectivity index (χ0) is 15.7. The number of aryl methyl sites for hydroxylation is 1. The van der Waals surface area contributed by atoms with E-state index in [0.29, 0.717) is 30.6 Å². The summed E-state index contributed by atoms with van der Waals surface area (Å²) in [6.07, 6.45) is 0. The number of piperazine rings is 1. The predicted molar refractivity (Wildman–Crippen MR) is 84.8 cm³/mol. The highest BCUT2D eigenvalue weighted by Crippen LogP contribution is 2.37. The Balaban J connectivity index is 1.79. The van der Waals surface area contributed by atoms with E-state index in [0.717, 1.165) is 37.5 Å². The molecule has 2 heterocycles. The molecule has 0 atom stereocenters. The molecule has 0 aliphatic carbocycles. The van der Waals surface area contributed by atoms with E-state index in [1.54, 1.807) is 0 Å². The molecule has 0 radical (unpaired) electrons. The van der Waals surface area contributed by atoms with Gasteiger partial charge in [0.15, 0.2) is 11.5 Å². The van der Waals surface area contributed by atoms with Crippen LogP contribution in [0.5, 0.6) is 11.5 Å². The van der Waals surface area contributed by atoms with Crippen LogP contribution in [0.1, 0.15) is 29.8 Å². The average molecular weight is 304 g/mol. The Kier molecular flexibility index (Phi) is 4.25. The fraction of sp³-hybridized carbons (Fsp3) is 0.588. The van der Waals surface area contributed by atoms with Crippen LogP contribution in [0.4, 0.5) is 0 Å². The molecule has 1 aromatic rings. The van der Waals surface area contributed by atoms with Crippen molar-refractivity contribution in [2.45, 2.75) is 26.8 Å². The third-order valence-electron chi connectivity index (χ3n) is 4.45. The highest BCUT2D eigenvalue weighted by molar-refractivity contribution is 5.98. The molecule has 2 aliphatic rings. The summed E-state index contributed by atoms with van der Waals surface area (Å²) in [5.74, 6) is 1.38. The van der Waals surface area contributed by atoms with Gasteiger partial charge in [-0.15, -0.1) is 0 Å². The molecule has 5 nitrogen and oxygen atoms in total. The van der Waals surface area contributed by atoms with Crippen molar-refractivity contribution in [1.29, 1.82) is 0 Å². The maximum Gasteiger partial charge on any atom is 0.257 e. The number of rotatable bonds is 2. The monoisotopic (exact) mass is 304 g/mol. The van der Waals surface area contributed by atoms with Gasteiger partial charge in [-0.05, 0) is 32.4 Å². The van der Waals surface area contributed by atoms with Gasteiger partial charge in [0.05, 0.1) is 5.56 Å². The van der Waals surface area contributed by atoms with Gasteiger partial charge in [0.1, 0.15) is 13.2 Å². The SMILES string of the molecule is Cc1ccc(C(=O)N2CCN(C(C)C)CC2)c2c1OCCO2. The summed E-state index contributed by atoms with van der Waals surface area (Å²) in [7, 11) is 0. The van der Waals surface area contributed by atoms with Gasteiger partial charge in [-0.1, -0.05) is 6.07 Å². The van der Waals surface area contributed by atoms with E-state index in [4.69, 9.17) is 9.47 Å². The maximum atomic E-state index is 12.8. The molecule has 0 spiro atoms. The molecule has 2 aliphatic heterocycles. The number of fused-ring (bicyclic) bond motifs is 1. The first-order valence-electron chi connectivity index (χ1n) is 8.00. The van der Waals surface area contributed by atoms with E-state index in [-0.39, 0.29) is 5.91 Å². The maximum absolute atomic E-state index is 12.8. The molecule has 0 saturated carbocycles. The molecular formula is C17H24N2O3. The quantitative estimate of drug-likeness (QED) is 0.837. The minimum absolute atomic E-state index is 0.0464. The summed E-state index contributed by atoms with van der Waals surface area (Å²) in [6.45, 7) is 10.8. The Morgan fingerprint density at radius 2 is 1.68 bits per heavy atom. The normalized spacial score (nSPS) is 18.6. The van der Waals surface area contributed by atoms with Gasteiger partial charge in [0, 0.05) is 32.2 Å². The predicted octanol–water partition coefficient (Wildman–Crippen LogP) is 1.93. The van der Waals surface area contributed by atoms with Crippen molar-refractivity contribution in [3.8, 4) is 11.5 Å². The summed E-state index contributed by atoms with van der Waals surface area (Å²) < 4.78 is 11.4. The first-order chi connectivity index (χ1) is 10.6. The highest BCUT2D eigenvalue weighted by Gasteiger charge is 2.28. The topological polar surface area (TPSA) is 42.0 Å². The Morgan fingerprint density at radius 1 is 1.05 bits per heavy atom. The lowest BCUT2D eigenvalue weighted by Gasteiger charge is -2.37. The fourth-order valence-electron chi connectivity index (χ4n) is 3.05. The van der Waals surface area contributed by atoms with Crippen LogP contribution in [0, 0.1) is 6.92 Å². The van der Waals surface area contributed by atoms with Crippen molar-refractivity contribution in [3.63, 3.8) is 0 Å². The first-order valence-corrected chi connectivity index (χ1v) is 8.00. The van der Waals surface area contributed by atoms with Gasteiger partial charge in [0.2, 0.25) is 0 Å². The van der Waals surface area contributed by atoms with E-state index in [9.17, 15) is 4.79 Å². The molecule has 120 valence electrons. The smallest absolute Gasteiger partial charge is 0.257 e. The lowest BCUT2D eigenvalue weighted by Crippen LogP contribution is -2.50. The minimum Gasteiger partial charge on any atom is -0.486 e. The average Bonchev–Trinajstić information content (AvgIpc) is 2.55. The lowest BCUT2D eigenvalue weighted by molar-refractivity contribution is 0.0587. The van der Waals surface area contributed by atoms with Crippen LogP contribution < -0.4 is 9.47 Å². The molecule has 0 N–H and O–H groups in total. The van der Waals surface area contributed by atoms with Crippen molar-refractivity contribution in [2.24, 2.45) is 0 Å². The summed E-state index contributed by atoms with van der Waals surface area (Å²) in [5.41, 5.74) is 1.63. The molecule has 1 saturated heterocycles. The third-order valence-corrected chi connectivity index (χ3v) is 4.45. The number of hydrogen-bond acceptors (Lipinski definition) is 4. The van der Waals surface area contributed by atoms with Gasteiger partial charge in [-0.2, -0.15) is 0 Å². The number of hydrogen-bond donors (Lipinski definition) is 0. The Hall–Kier alpha value is -1.75. The zero-order valence-corrected chi connectivity index (χ0v) is 13.6. The molecule has 3 rings (SSSR count). The van der Waals surface area contributed by atoms with E-state index in [1.165, 1.54) is 0 Å². The van der Waals surface area contributed by atoms with E-state index in [1.807, 2.05) is 24.0 Å². The minimum atomic E-state index is 0.0464. The molecule has 1 aromatic carbocycles. The lowest BCUT2D eigenvalue weighted by atomic mass is 10.1. The summed E-state index contributed by atoms with van der Waals surface area (Å²) in [4.78, 5) is 17.1. The third kappa shape index (κ3) is 2.77. The summed E-state index contributed by atoms with van der Waals surface area (Å²) in [6, 6.07) is 4.33. The van der Waals surface area contributed by atoms with Gasteiger partial charge in [-0.25, -0.2) is 0 Å². The van der Waals surface area contributed by atoms with E-state index in [2.05, 4.69) is 18.7 Å². The van der Waals surface area contributed by atoms with Crippen LogP contribution in [0.3, 0.4) is 0 Å². The molecular weight excluding hydrogens is 280 g/mol. The van der Waals surface area contributed by atoms with Crippen molar-refractivity contribution in [1.82, 2.24) is 9.80 Å². The van der Waals surface area contributed by atoms with Crippen molar-refractivity contribution in [2.75, 3.05) is 39.4 Å². The standard InChI is InChI=1S/C17H24N2O3/c1-12(2)18-6-8-19(9-7-18)17(20)14-5-4-13(3)15-16(14)22-11-10-21-15/h4-5,12H,6-11H2,1-3H3. The molecule has 1 amide bonds. The van der Waals surface area contributed by atoms with Crippen LogP contribution in [0.25, 0.3) is 0 Å². The van der Waals surface area contributed by atoms with E-state index >= 15 is 0 Å².